The maximum Gasteiger partial charge on any atom is 0.161 e. The van der Waals surface area contributed by atoms with Gasteiger partial charge in [0.2, 0.25) is 0 Å². The summed E-state index contributed by atoms with van der Waals surface area (Å²) >= 11 is 0. The third-order valence-corrected chi connectivity index (χ3v) is 4.25. The summed E-state index contributed by atoms with van der Waals surface area (Å²) in [4.78, 5) is 2.41. The van der Waals surface area contributed by atoms with Gasteiger partial charge in [0.1, 0.15) is 0 Å². The molecule has 1 aromatic rings. The standard InChI is InChI=1S/C17H27NO3/c1-4-18-9-8-15(19)14(12-18)10-13-6-7-16(20-3)17(11-13)21-5-2/h6-7,11,14-15,19H,4-5,8-10,12H2,1-3H3. The summed E-state index contributed by atoms with van der Waals surface area (Å²) in [7, 11) is 1.65. The molecule has 1 heterocycles. The zero-order valence-electron chi connectivity index (χ0n) is 13.3. The van der Waals surface area contributed by atoms with Crippen LogP contribution in [0.25, 0.3) is 0 Å². The first-order valence-corrected chi connectivity index (χ1v) is 7.88. The number of ether oxygens (including phenoxy) is 2. The molecular formula is C17H27NO3. The number of benzene rings is 1. The number of aliphatic hydroxyl groups is 1. The lowest BCUT2D eigenvalue weighted by molar-refractivity contribution is 0.0290. The second-order valence-electron chi connectivity index (χ2n) is 5.63. The van der Waals surface area contributed by atoms with Crippen LogP contribution in [0, 0.1) is 5.92 Å². The van der Waals surface area contributed by atoms with E-state index in [9.17, 15) is 5.11 Å². The van der Waals surface area contributed by atoms with E-state index >= 15 is 0 Å². The minimum atomic E-state index is -0.203. The fourth-order valence-electron chi connectivity index (χ4n) is 3.00. The van der Waals surface area contributed by atoms with Gasteiger partial charge in [0, 0.05) is 19.0 Å². The first-order valence-electron chi connectivity index (χ1n) is 7.88. The van der Waals surface area contributed by atoms with E-state index < -0.39 is 0 Å². The van der Waals surface area contributed by atoms with Crippen molar-refractivity contribution in [1.82, 2.24) is 4.90 Å². The van der Waals surface area contributed by atoms with E-state index in [-0.39, 0.29) is 6.10 Å². The molecule has 0 aromatic heterocycles. The summed E-state index contributed by atoms with van der Waals surface area (Å²) in [5.41, 5.74) is 1.20. The van der Waals surface area contributed by atoms with Crippen molar-refractivity contribution in [2.45, 2.75) is 32.8 Å². The molecule has 0 aliphatic carbocycles. The van der Waals surface area contributed by atoms with Crippen molar-refractivity contribution in [3.05, 3.63) is 23.8 Å². The van der Waals surface area contributed by atoms with Gasteiger partial charge in [-0.25, -0.2) is 0 Å². The van der Waals surface area contributed by atoms with E-state index in [1.807, 2.05) is 19.1 Å². The Morgan fingerprint density at radius 1 is 1.29 bits per heavy atom. The second kappa shape index (κ2) is 7.66. The molecule has 1 aliphatic rings. The topological polar surface area (TPSA) is 41.9 Å². The predicted octanol–water partition coefficient (Wildman–Crippen LogP) is 2.34. The van der Waals surface area contributed by atoms with Gasteiger partial charge in [-0.3, -0.25) is 0 Å². The molecule has 1 aromatic carbocycles. The van der Waals surface area contributed by atoms with Crippen LogP contribution in [0.15, 0.2) is 18.2 Å². The quantitative estimate of drug-likeness (QED) is 0.874. The molecule has 4 nitrogen and oxygen atoms in total. The van der Waals surface area contributed by atoms with Crippen molar-refractivity contribution in [1.29, 1.82) is 0 Å². The first kappa shape index (κ1) is 16.1. The van der Waals surface area contributed by atoms with Crippen LogP contribution in [-0.4, -0.2) is 49.5 Å². The number of methoxy groups -OCH3 is 1. The van der Waals surface area contributed by atoms with E-state index in [1.54, 1.807) is 7.11 Å². The van der Waals surface area contributed by atoms with Crippen LogP contribution in [0.5, 0.6) is 11.5 Å². The molecular weight excluding hydrogens is 266 g/mol. The van der Waals surface area contributed by atoms with E-state index in [0.29, 0.717) is 12.5 Å². The maximum atomic E-state index is 10.2. The van der Waals surface area contributed by atoms with Crippen molar-refractivity contribution in [3.63, 3.8) is 0 Å². The van der Waals surface area contributed by atoms with Crippen LogP contribution in [0.3, 0.4) is 0 Å². The number of aliphatic hydroxyl groups excluding tert-OH is 1. The Kier molecular flexibility index (Phi) is 5.88. The van der Waals surface area contributed by atoms with Crippen molar-refractivity contribution in [3.8, 4) is 11.5 Å². The van der Waals surface area contributed by atoms with Crippen LogP contribution < -0.4 is 9.47 Å². The molecule has 0 saturated carbocycles. The number of hydrogen-bond donors (Lipinski definition) is 1. The van der Waals surface area contributed by atoms with Gasteiger partial charge in [0.25, 0.3) is 0 Å². The fraction of sp³-hybridized carbons (Fsp3) is 0.647. The zero-order valence-corrected chi connectivity index (χ0v) is 13.3. The molecule has 0 radical (unpaired) electrons. The number of likely N-dealkylation sites (tertiary alicyclic amines) is 1. The molecule has 0 amide bonds. The Bertz CT molecular complexity index is 450. The van der Waals surface area contributed by atoms with Gasteiger partial charge in [-0.05, 0) is 44.0 Å². The minimum absolute atomic E-state index is 0.203. The Balaban J connectivity index is 2.09. The predicted molar refractivity (Wildman–Crippen MR) is 84.1 cm³/mol. The highest BCUT2D eigenvalue weighted by molar-refractivity contribution is 5.43. The lowest BCUT2D eigenvalue weighted by Gasteiger charge is -2.35. The smallest absolute Gasteiger partial charge is 0.161 e. The van der Waals surface area contributed by atoms with Gasteiger partial charge in [-0.15, -0.1) is 0 Å². The van der Waals surface area contributed by atoms with Gasteiger partial charge >= 0.3 is 0 Å². The van der Waals surface area contributed by atoms with E-state index in [2.05, 4.69) is 17.9 Å². The normalized spacial score (nSPS) is 23.0. The number of rotatable bonds is 6. The summed E-state index contributed by atoms with van der Waals surface area (Å²) < 4.78 is 10.9. The monoisotopic (exact) mass is 293 g/mol. The molecule has 1 saturated heterocycles. The lowest BCUT2D eigenvalue weighted by Crippen LogP contribution is -2.43. The maximum absolute atomic E-state index is 10.2. The van der Waals surface area contributed by atoms with Gasteiger partial charge in [0.15, 0.2) is 11.5 Å². The summed E-state index contributed by atoms with van der Waals surface area (Å²) in [6.07, 6.45) is 1.54. The summed E-state index contributed by atoms with van der Waals surface area (Å²) in [6.45, 7) is 7.78. The van der Waals surface area contributed by atoms with Gasteiger partial charge in [-0.2, -0.15) is 0 Å². The number of hydrogen-bond acceptors (Lipinski definition) is 4. The van der Waals surface area contributed by atoms with E-state index in [0.717, 1.165) is 44.0 Å². The van der Waals surface area contributed by atoms with Gasteiger partial charge in [0.05, 0.1) is 19.8 Å². The molecule has 2 rings (SSSR count). The third-order valence-electron chi connectivity index (χ3n) is 4.25. The molecule has 2 unspecified atom stereocenters. The highest BCUT2D eigenvalue weighted by Gasteiger charge is 2.27. The lowest BCUT2D eigenvalue weighted by atomic mass is 9.88. The van der Waals surface area contributed by atoms with Crippen molar-refractivity contribution < 1.29 is 14.6 Å². The highest BCUT2D eigenvalue weighted by Crippen LogP contribution is 2.30. The molecule has 1 N–H and O–H groups in total. The Morgan fingerprint density at radius 3 is 2.76 bits per heavy atom. The molecule has 118 valence electrons. The average Bonchev–Trinajstić information content (AvgIpc) is 2.50. The molecule has 0 bridgehead atoms. The summed E-state index contributed by atoms with van der Waals surface area (Å²) in [5, 5.41) is 10.2. The second-order valence-corrected chi connectivity index (χ2v) is 5.63. The van der Waals surface area contributed by atoms with Gasteiger partial charge < -0.3 is 19.5 Å². The SMILES string of the molecule is CCOc1cc(CC2CN(CC)CCC2O)ccc1OC. The molecule has 0 spiro atoms. The first-order chi connectivity index (χ1) is 10.2. The van der Waals surface area contributed by atoms with Crippen LogP contribution >= 0.6 is 0 Å². The Labute approximate surface area is 127 Å². The number of nitrogens with zero attached hydrogens (tertiary/aromatic N) is 1. The Morgan fingerprint density at radius 2 is 2.10 bits per heavy atom. The zero-order chi connectivity index (χ0) is 15.2. The highest BCUT2D eigenvalue weighted by atomic mass is 16.5. The molecule has 21 heavy (non-hydrogen) atoms. The van der Waals surface area contributed by atoms with Crippen molar-refractivity contribution in [2.75, 3.05) is 33.4 Å². The molecule has 4 heteroatoms. The van der Waals surface area contributed by atoms with E-state index in [4.69, 9.17) is 9.47 Å². The fourth-order valence-corrected chi connectivity index (χ4v) is 3.00. The Hall–Kier alpha value is -1.26. The van der Waals surface area contributed by atoms with Crippen LogP contribution in [0.2, 0.25) is 0 Å². The van der Waals surface area contributed by atoms with Gasteiger partial charge in [-0.1, -0.05) is 13.0 Å². The summed E-state index contributed by atoms with van der Waals surface area (Å²) in [5.74, 6) is 1.84. The van der Waals surface area contributed by atoms with E-state index in [1.165, 1.54) is 5.56 Å². The third kappa shape index (κ3) is 4.11. The van der Waals surface area contributed by atoms with Crippen LogP contribution in [0.1, 0.15) is 25.8 Å². The average molecular weight is 293 g/mol. The molecule has 2 atom stereocenters. The molecule has 1 aliphatic heterocycles. The molecule has 1 fully saturated rings. The van der Waals surface area contributed by atoms with Crippen molar-refractivity contribution >= 4 is 0 Å². The minimum Gasteiger partial charge on any atom is -0.493 e. The number of piperidine rings is 1. The largest absolute Gasteiger partial charge is 0.493 e. The van der Waals surface area contributed by atoms with Crippen LogP contribution in [0.4, 0.5) is 0 Å². The summed E-state index contributed by atoms with van der Waals surface area (Å²) in [6, 6.07) is 6.06. The van der Waals surface area contributed by atoms with Crippen molar-refractivity contribution in [2.24, 2.45) is 5.92 Å². The van der Waals surface area contributed by atoms with Crippen LogP contribution in [-0.2, 0) is 6.42 Å².